The van der Waals surface area contributed by atoms with Gasteiger partial charge in [-0.3, -0.25) is 0 Å². The fourth-order valence-corrected chi connectivity index (χ4v) is 4.18. The quantitative estimate of drug-likeness (QED) is 0.749. The van der Waals surface area contributed by atoms with Gasteiger partial charge in [-0.25, -0.2) is 18.1 Å². The molecule has 10 heteroatoms. The fourth-order valence-electron chi connectivity index (χ4n) is 3.12. The number of aryl methyl sites for hydroxylation is 1. The average molecular weight is 392 g/mol. The molecule has 9 nitrogen and oxygen atoms in total. The molecule has 27 heavy (non-hydrogen) atoms. The number of anilines is 1. The van der Waals surface area contributed by atoms with E-state index in [4.69, 9.17) is 4.74 Å². The summed E-state index contributed by atoms with van der Waals surface area (Å²) in [5.41, 5.74) is 0. The van der Waals surface area contributed by atoms with E-state index in [-0.39, 0.29) is 11.0 Å². The summed E-state index contributed by atoms with van der Waals surface area (Å²) >= 11 is 0. The lowest BCUT2D eigenvalue weighted by Crippen LogP contribution is -2.39. The molecular weight excluding hydrogens is 368 g/mol. The summed E-state index contributed by atoms with van der Waals surface area (Å²) in [6.07, 6.45) is 5.13. The molecule has 1 saturated heterocycles. The van der Waals surface area contributed by atoms with Gasteiger partial charge in [-0.05, 0) is 37.8 Å². The molecule has 4 rings (SSSR count). The Balaban J connectivity index is 1.45. The zero-order valence-corrected chi connectivity index (χ0v) is 16.1. The van der Waals surface area contributed by atoms with Gasteiger partial charge in [0.2, 0.25) is 10.0 Å². The third-order valence-corrected chi connectivity index (χ3v) is 6.36. The molecular formula is C17H24N6O3S. The lowest BCUT2D eigenvalue weighted by Gasteiger charge is -2.33. The molecule has 1 N–H and O–H groups in total. The van der Waals surface area contributed by atoms with Crippen LogP contribution in [0.25, 0.3) is 0 Å². The first-order valence-corrected chi connectivity index (χ1v) is 10.7. The van der Waals surface area contributed by atoms with E-state index < -0.39 is 10.0 Å². The second kappa shape index (κ2) is 7.53. The molecule has 0 amide bonds. The Bertz CT molecular complexity index is 878. The van der Waals surface area contributed by atoms with Gasteiger partial charge in [-0.2, -0.15) is 0 Å². The molecule has 1 aliphatic heterocycles. The van der Waals surface area contributed by atoms with Crippen molar-refractivity contribution in [2.24, 2.45) is 5.92 Å². The van der Waals surface area contributed by atoms with Gasteiger partial charge in [-0.15, -0.1) is 10.2 Å². The second-order valence-corrected chi connectivity index (χ2v) is 8.69. The van der Waals surface area contributed by atoms with Crippen molar-refractivity contribution >= 4 is 15.8 Å². The van der Waals surface area contributed by atoms with Gasteiger partial charge in [0.05, 0.1) is 13.2 Å². The Morgan fingerprint density at radius 2 is 2.19 bits per heavy atom. The van der Waals surface area contributed by atoms with Gasteiger partial charge in [-0.1, -0.05) is 0 Å². The van der Waals surface area contributed by atoms with Gasteiger partial charge in [0, 0.05) is 25.8 Å². The lowest BCUT2D eigenvalue weighted by molar-refractivity contribution is 0.0313. The number of nitrogens with one attached hydrogen (secondary N) is 1. The van der Waals surface area contributed by atoms with Crippen molar-refractivity contribution in [2.75, 3.05) is 31.1 Å². The van der Waals surface area contributed by atoms with Gasteiger partial charge in [0.25, 0.3) is 0 Å². The van der Waals surface area contributed by atoms with Gasteiger partial charge in [0.15, 0.2) is 5.82 Å². The predicted molar refractivity (Wildman–Crippen MR) is 98.8 cm³/mol. The number of aromatic nitrogens is 4. The van der Waals surface area contributed by atoms with Crippen LogP contribution in [0, 0.1) is 5.92 Å². The normalized spacial score (nSPS) is 20.8. The minimum Gasteiger partial charge on any atom is -0.366 e. The average Bonchev–Trinajstić information content (AvgIpc) is 3.41. The highest BCUT2D eigenvalue weighted by atomic mass is 32.2. The Hall–Kier alpha value is -2.04. The first-order valence-electron chi connectivity index (χ1n) is 9.27. The minimum absolute atomic E-state index is 0.188. The molecule has 2 aromatic heterocycles. The SMILES string of the molecule is CCn1cnnc1C1CN(c2ccc(S(=O)(=O)NCC3CC3)cn2)CCO1. The van der Waals surface area contributed by atoms with Crippen molar-refractivity contribution in [1.29, 1.82) is 0 Å². The number of pyridine rings is 1. The molecule has 2 aliphatic rings. The molecule has 146 valence electrons. The van der Waals surface area contributed by atoms with Crippen molar-refractivity contribution in [3.8, 4) is 0 Å². The maximum Gasteiger partial charge on any atom is 0.242 e. The van der Waals surface area contributed by atoms with E-state index in [1.54, 1.807) is 18.5 Å². The zero-order valence-electron chi connectivity index (χ0n) is 15.3. The van der Waals surface area contributed by atoms with Crippen molar-refractivity contribution < 1.29 is 13.2 Å². The highest BCUT2D eigenvalue weighted by molar-refractivity contribution is 7.89. The number of hydrogen-bond acceptors (Lipinski definition) is 7. The van der Waals surface area contributed by atoms with E-state index in [9.17, 15) is 8.42 Å². The molecule has 1 unspecified atom stereocenters. The van der Waals surface area contributed by atoms with Crippen LogP contribution in [0.15, 0.2) is 29.6 Å². The minimum atomic E-state index is -3.50. The molecule has 0 spiro atoms. The molecule has 2 fully saturated rings. The summed E-state index contributed by atoms with van der Waals surface area (Å²) in [5, 5.41) is 8.14. The van der Waals surface area contributed by atoms with Crippen LogP contribution in [0.5, 0.6) is 0 Å². The molecule has 3 heterocycles. The number of nitrogens with zero attached hydrogens (tertiary/aromatic N) is 5. The van der Waals surface area contributed by atoms with E-state index in [1.165, 1.54) is 6.20 Å². The topological polar surface area (TPSA) is 102 Å². The van der Waals surface area contributed by atoms with E-state index >= 15 is 0 Å². The third kappa shape index (κ3) is 4.12. The molecule has 0 aromatic carbocycles. The van der Waals surface area contributed by atoms with Gasteiger partial charge >= 0.3 is 0 Å². The zero-order chi connectivity index (χ0) is 18.9. The van der Waals surface area contributed by atoms with Gasteiger partial charge < -0.3 is 14.2 Å². The van der Waals surface area contributed by atoms with Gasteiger partial charge in [0.1, 0.15) is 23.1 Å². The van der Waals surface area contributed by atoms with Crippen LogP contribution in [0.1, 0.15) is 31.7 Å². The summed E-state index contributed by atoms with van der Waals surface area (Å²) in [6.45, 7) is 5.15. The van der Waals surface area contributed by atoms with Crippen LogP contribution < -0.4 is 9.62 Å². The summed E-state index contributed by atoms with van der Waals surface area (Å²) in [6, 6.07) is 3.36. The summed E-state index contributed by atoms with van der Waals surface area (Å²) in [7, 11) is -3.50. The van der Waals surface area contributed by atoms with Crippen LogP contribution in [0.3, 0.4) is 0 Å². The second-order valence-electron chi connectivity index (χ2n) is 6.93. The molecule has 1 saturated carbocycles. The standard InChI is InChI=1S/C17H24N6O3S/c1-2-22-12-19-21-17(22)15-11-23(7-8-26-15)16-6-5-14(10-18-16)27(24,25)20-9-13-3-4-13/h5-6,10,12-13,15,20H,2-4,7-9,11H2,1H3. The van der Waals surface area contributed by atoms with E-state index in [2.05, 4.69) is 24.8 Å². The van der Waals surface area contributed by atoms with Crippen LogP contribution >= 0.6 is 0 Å². The van der Waals surface area contributed by atoms with Crippen LogP contribution in [-0.2, 0) is 21.3 Å². The van der Waals surface area contributed by atoms with Crippen LogP contribution in [0.2, 0.25) is 0 Å². The van der Waals surface area contributed by atoms with Crippen molar-refractivity contribution in [3.05, 3.63) is 30.5 Å². The van der Waals surface area contributed by atoms with E-state index in [1.807, 2.05) is 11.5 Å². The highest BCUT2D eigenvalue weighted by Crippen LogP contribution is 2.28. The monoisotopic (exact) mass is 392 g/mol. The summed E-state index contributed by atoms with van der Waals surface area (Å²) in [5.74, 6) is 2.01. The Morgan fingerprint density at radius 3 is 2.89 bits per heavy atom. The summed E-state index contributed by atoms with van der Waals surface area (Å²) < 4.78 is 35.1. The first kappa shape index (κ1) is 18.3. The van der Waals surface area contributed by atoms with Crippen molar-refractivity contribution in [3.63, 3.8) is 0 Å². The third-order valence-electron chi connectivity index (χ3n) is 4.95. The van der Waals surface area contributed by atoms with Crippen LogP contribution in [-0.4, -0.2) is 54.4 Å². The Morgan fingerprint density at radius 1 is 1.33 bits per heavy atom. The Kier molecular flexibility index (Phi) is 5.11. The number of hydrogen-bond donors (Lipinski definition) is 1. The first-order chi connectivity index (χ1) is 13.1. The molecule has 0 bridgehead atoms. The molecule has 1 aliphatic carbocycles. The molecule has 2 aromatic rings. The van der Waals surface area contributed by atoms with E-state index in [0.717, 1.165) is 31.0 Å². The smallest absolute Gasteiger partial charge is 0.242 e. The van der Waals surface area contributed by atoms with E-state index in [0.29, 0.717) is 32.2 Å². The maximum absolute atomic E-state index is 12.3. The predicted octanol–water partition coefficient (Wildman–Crippen LogP) is 0.959. The maximum atomic E-state index is 12.3. The number of rotatable bonds is 7. The molecule has 1 atom stereocenters. The van der Waals surface area contributed by atoms with Crippen LogP contribution in [0.4, 0.5) is 5.82 Å². The number of morpholine rings is 1. The lowest BCUT2D eigenvalue weighted by atomic mass is 10.2. The molecule has 0 radical (unpaired) electrons. The fraction of sp³-hybridized carbons (Fsp3) is 0.588. The summed E-state index contributed by atoms with van der Waals surface area (Å²) in [4.78, 5) is 6.66. The highest BCUT2D eigenvalue weighted by Gasteiger charge is 2.27. The van der Waals surface area contributed by atoms with Crippen molar-refractivity contribution in [2.45, 2.75) is 37.3 Å². The Labute approximate surface area is 158 Å². The number of ether oxygens (including phenoxy) is 1. The largest absolute Gasteiger partial charge is 0.366 e. The number of sulfonamides is 1. The van der Waals surface area contributed by atoms with Crippen molar-refractivity contribution in [1.82, 2.24) is 24.5 Å².